The lowest BCUT2D eigenvalue weighted by atomic mass is 10.3. The Balaban J connectivity index is 2.13. The van der Waals surface area contributed by atoms with Gasteiger partial charge in [0.1, 0.15) is 5.82 Å². The van der Waals surface area contributed by atoms with Crippen LogP contribution in [0.25, 0.3) is 0 Å². The van der Waals surface area contributed by atoms with Gasteiger partial charge in [0.15, 0.2) is 5.69 Å². The molecule has 0 saturated carbocycles. The zero-order chi connectivity index (χ0) is 14.5. The fraction of sp³-hybridized carbons (Fsp3) is 0.385. The van der Waals surface area contributed by atoms with Gasteiger partial charge in [-0.05, 0) is 13.8 Å². The maximum atomic E-state index is 10.8. The molecule has 0 amide bonds. The average Bonchev–Trinajstić information content (AvgIpc) is 2.92. The van der Waals surface area contributed by atoms with Crippen LogP contribution in [0.2, 0.25) is 0 Å². The fourth-order valence-corrected chi connectivity index (χ4v) is 1.83. The Morgan fingerprint density at radius 1 is 1.30 bits per heavy atom. The summed E-state index contributed by atoms with van der Waals surface area (Å²) in [5, 5.41) is 13.0. The van der Waals surface area contributed by atoms with Crippen LogP contribution in [-0.2, 0) is 13.1 Å². The van der Waals surface area contributed by atoms with Crippen molar-refractivity contribution in [3.05, 3.63) is 36.0 Å². The highest BCUT2D eigenvalue weighted by Gasteiger charge is 2.11. The van der Waals surface area contributed by atoms with E-state index in [1.807, 2.05) is 35.8 Å². The largest absolute Gasteiger partial charge is 0.476 e. The van der Waals surface area contributed by atoms with E-state index in [-0.39, 0.29) is 5.69 Å². The summed E-state index contributed by atoms with van der Waals surface area (Å²) in [7, 11) is 0. The average molecular weight is 275 g/mol. The van der Waals surface area contributed by atoms with E-state index in [1.54, 1.807) is 0 Å². The van der Waals surface area contributed by atoms with Crippen LogP contribution < -0.4 is 4.90 Å². The van der Waals surface area contributed by atoms with E-state index < -0.39 is 5.97 Å². The molecule has 0 aromatic carbocycles. The van der Waals surface area contributed by atoms with Crippen LogP contribution in [-0.4, -0.2) is 37.4 Å². The van der Waals surface area contributed by atoms with E-state index in [4.69, 9.17) is 5.11 Å². The summed E-state index contributed by atoms with van der Waals surface area (Å²) in [6.07, 6.45) is 6.57. The first-order chi connectivity index (χ1) is 9.63. The molecule has 0 aliphatic heterocycles. The Bertz CT molecular complexity index is 579. The van der Waals surface area contributed by atoms with Crippen molar-refractivity contribution in [3.8, 4) is 0 Å². The molecule has 7 nitrogen and oxygen atoms in total. The number of aryl methyl sites for hydroxylation is 1. The molecular formula is C13H17N5O2. The number of carboxylic acids is 1. The zero-order valence-electron chi connectivity index (χ0n) is 11.5. The number of carbonyl (C=O) groups is 1. The highest BCUT2D eigenvalue weighted by atomic mass is 16.4. The van der Waals surface area contributed by atoms with Crippen molar-refractivity contribution < 1.29 is 9.90 Å². The van der Waals surface area contributed by atoms with Crippen LogP contribution in [0.15, 0.2) is 24.8 Å². The van der Waals surface area contributed by atoms with E-state index in [2.05, 4.69) is 15.1 Å². The number of hydrogen-bond donors (Lipinski definition) is 1. The molecule has 106 valence electrons. The van der Waals surface area contributed by atoms with Gasteiger partial charge in [0.05, 0.1) is 18.6 Å². The molecule has 20 heavy (non-hydrogen) atoms. The van der Waals surface area contributed by atoms with Crippen LogP contribution in [0.4, 0.5) is 5.82 Å². The lowest BCUT2D eigenvalue weighted by Gasteiger charge is -2.20. The van der Waals surface area contributed by atoms with Crippen molar-refractivity contribution in [1.82, 2.24) is 19.7 Å². The van der Waals surface area contributed by atoms with Gasteiger partial charge in [0.25, 0.3) is 0 Å². The molecule has 2 rings (SSSR count). The second-order valence-electron chi connectivity index (χ2n) is 4.28. The van der Waals surface area contributed by atoms with Gasteiger partial charge < -0.3 is 10.0 Å². The van der Waals surface area contributed by atoms with Gasteiger partial charge in [0.2, 0.25) is 0 Å². The minimum Gasteiger partial charge on any atom is -0.476 e. The maximum absolute atomic E-state index is 10.8. The summed E-state index contributed by atoms with van der Waals surface area (Å²) < 4.78 is 1.86. The van der Waals surface area contributed by atoms with Crippen molar-refractivity contribution in [2.24, 2.45) is 0 Å². The first kappa shape index (κ1) is 14.0. The number of rotatable bonds is 6. The number of nitrogens with zero attached hydrogens (tertiary/aromatic N) is 5. The summed E-state index contributed by atoms with van der Waals surface area (Å²) in [6.45, 7) is 6.29. The molecule has 0 unspecified atom stereocenters. The summed E-state index contributed by atoms with van der Waals surface area (Å²) in [5.41, 5.74) is 1.03. The smallest absolute Gasteiger partial charge is 0.356 e. The Kier molecular flexibility index (Phi) is 4.29. The molecule has 0 fully saturated rings. The SMILES string of the molecule is CCN(Cc1cnn(CC)c1)c1cnc(C(=O)O)cn1. The topological polar surface area (TPSA) is 84.1 Å². The molecule has 0 aliphatic rings. The van der Waals surface area contributed by atoms with Crippen LogP contribution >= 0.6 is 0 Å². The van der Waals surface area contributed by atoms with Gasteiger partial charge >= 0.3 is 5.97 Å². The maximum Gasteiger partial charge on any atom is 0.356 e. The molecule has 2 aromatic rings. The van der Waals surface area contributed by atoms with E-state index in [9.17, 15) is 4.79 Å². The van der Waals surface area contributed by atoms with Gasteiger partial charge in [-0.3, -0.25) is 4.68 Å². The van der Waals surface area contributed by atoms with Crippen LogP contribution in [0.5, 0.6) is 0 Å². The minimum atomic E-state index is -1.07. The van der Waals surface area contributed by atoms with Crippen LogP contribution in [0.1, 0.15) is 29.9 Å². The second-order valence-corrected chi connectivity index (χ2v) is 4.28. The van der Waals surface area contributed by atoms with E-state index in [0.717, 1.165) is 18.7 Å². The van der Waals surface area contributed by atoms with E-state index in [0.29, 0.717) is 12.4 Å². The summed E-state index contributed by atoms with van der Waals surface area (Å²) in [6, 6.07) is 0. The lowest BCUT2D eigenvalue weighted by Crippen LogP contribution is -2.23. The molecule has 0 bridgehead atoms. The second kappa shape index (κ2) is 6.14. The lowest BCUT2D eigenvalue weighted by molar-refractivity contribution is 0.0690. The van der Waals surface area contributed by atoms with Crippen LogP contribution in [0, 0.1) is 0 Å². The molecule has 0 spiro atoms. The molecule has 0 aliphatic carbocycles. The summed E-state index contributed by atoms with van der Waals surface area (Å²) in [4.78, 5) is 20.8. The molecule has 7 heteroatoms. The Morgan fingerprint density at radius 2 is 2.10 bits per heavy atom. The predicted octanol–water partition coefficient (Wildman–Crippen LogP) is 1.42. The first-order valence-corrected chi connectivity index (χ1v) is 6.45. The van der Waals surface area contributed by atoms with Crippen LogP contribution in [0.3, 0.4) is 0 Å². The van der Waals surface area contributed by atoms with E-state index >= 15 is 0 Å². The Labute approximate surface area is 116 Å². The molecule has 0 radical (unpaired) electrons. The third-order valence-electron chi connectivity index (χ3n) is 2.95. The van der Waals surface area contributed by atoms with E-state index in [1.165, 1.54) is 12.4 Å². The van der Waals surface area contributed by atoms with Gasteiger partial charge in [-0.15, -0.1) is 0 Å². The normalized spacial score (nSPS) is 10.5. The molecule has 1 N–H and O–H groups in total. The number of aromatic carboxylic acids is 1. The Morgan fingerprint density at radius 3 is 2.60 bits per heavy atom. The van der Waals surface area contributed by atoms with Crippen molar-refractivity contribution in [2.45, 2.75) is 26.9 Å². The highest BCUT2D eigenvalue weighted by Crippen LogP contribution is 2.13. The number of carboxylic acid groups (broad SMARTS) is 1. The monoisotopic (exact) mass is 275 g/mol. The standard InChI is InChI=1S/C13H17N5O2/c1-3-17(8-10-5-16-18(4-2)9-10)12-7-14-11(6-15-12)13(19)20/h5-7,9H,3-4,8H2,1-2H3,(H,19,20). The predicted molar refractivity (Wildman–Crippen MR) is 73.6 cm³/mol. The first-order valence-electron chi connectivity index (χ1n) is 6.45. The molecule has 2 heterocycles. The van der Waals surface area contributed by atoms with Gasteiger partial charge in [-0.2, -0.15) is 5.10 Å². The number of aromatic nitrogens is 4. The summed E-state index contributed by atoms with van der Waals surface area (Å²) in [5.74, 6) is -0.418. The summed E-state index contributed by atoms with van der Waals surface area (Å²) >= 11 is 0. The van der Waals surface area contributed by atoms with Gasteiger partial charge in [-0.25, -0.2) is 14.8 Å². The zero-order valence-corrected chi connectivity index (χ0v) is 11.5. The van der Waals surface area contributed by atoms with Crippen molar-refractivity contribution in [1.29, 1.82) is 0 Å². The number of hydrogen-bond acceptors (Lipinski definition) is 5. The highest BCUT2D eigenvalue weighted by molar-refractivity contribution is 5.84. The van der Waals surface area contributed by atoms with Crippen molar-refractivity contribution >= 4 is 11.8 Å². The van der Waals surface area contributed by atoms with Crippen molar-refractivity contribution in [3.63, 3.8) is 0 Å². The Hall–Kier alpha value is -2.44. The fourth-order valence-electron chi connectivity index (χ4n) is 1.83. The third-order valence-corrected chi connectivity index (χ3v) is 2.95. The minimum absolute atomic E-state index is 0.0522. The van der Waals surface area contributed by atoms with Crippen molar-refractivity contribution in [2.75, 3.05) is 11.4 Å². The molecule has 2 aromatic heterocycles. The van der Waals surface area contributed by atoms with Gasteiger partial charge in [0, 0.05) is 31.4 Å². The quantitative estimate of drug-likeness (QED) is 0.858. The number of anilines is 1. The molecular weight excluding hydrogens is 258 g/mol. The molecule has 0 atom stereocenters. The third kappa shape index (κ3) is 3.11. The molecule has 0 saturated heterocycles. The van der Waals surface area contributed by atoms with Gasteiger partial charge in [-0.1, -0.05) is 0 Å².